The number of rotatable bonds is 17. The number of carbonyl (C=O) groups is 4. The first-order chi connectivity index (χ1) is 17.5. The van der Waals surface area contributed by atoms with Crippen LogP contribution in [0.3, 0.4) is 0 Å². The van der Waals surface area contributed by atoms with E-state index in [1.807, 2.05) is 0 Å². The molecule has 1 atom stereocenters. The van der Waals surface area contributed by atoms with E-state index < -0.39 is 17.9 Å². The second-order valence-corrected chi connectivity index (χ2v) is 7.79. The molecule has 1 unspecified atom stereocenters. The molecule has 11 heteroatoms. The van der Waals surface area contributed by atoms with Gasteiger partial charge in [-0.3, -0.25) is 24.5 Å². The molecule has 2 rings (SSSR count). The second-order valence-electron chi connectivity index (χ2n) is 7.79. The minimum atomic E-state index is -0.793. The molecule has 1 aromatic carbocycles. The summed E-state index contributed by atoms with van der Waals surface area (Å²) in [5.74, 6) is 0.985. The topological polar surface area (TPSA) is 132 Å². The summed E-state index contributed by atoms with van der Waals surface area (Å²) in [7, 11) is 1.48. The van der Waals surface area contributed by atoms with Crippen LogP contribution in [0.1, 0.15) is 33.6 Å². The van der Waals surface area contributed by atoms with Crippen molar-refractivity contribution in [2.24, 2.45) is 0 Å². The van der Waals surface area contributed by atoms with Crippen molar-refractivity contribution in [1.29, 1.82) is 0 Å². The van der Waals surface area contributed by atoms with Crippen LogP contribution in [0.4, 0.5) is 5.69 Å². The van der Waals surface area contributed by atoms with Gasteiger partial charge in [-0.25, -0.2) is 0 Å². The van der Waals surface area contributed by atoms with E-state index in [9.17, 15) is 19.2 Å². The van der Waals surface area contributed by atoms with Crippen molar-refractivity contribution in [3.05, 3.63) is 29.3 Å². The third-order valence-corrected chi connectivity index (χ3v) is 5.30. The highest BCUT2D eigenvalue weighted by molar-refractivity contribution is 6.08. The van der Waals surface area contributed by atoms with Gasteiger partial charge in [-0.1, -0.05) is 18.1 Å². The van der Waals surface area contributed by atoms with Crippen LogP contribution in [0.15, 0.2) is 18.2 Å². The van der Waals surface area contributed by atoms with Gasteiger partial charge in [-0.05, 0) is 12.5 Å². The summed E-state index contributed by atoms with van der Waals surface area (Å²) in [6.45, 7) is 3.54. The molecule has 0 saturated carbocycles. The Morgan fingerprint density at radius 2 is 1.75 bits per heavy atom. The highest BCUT2D eigenvalue weighted by atomic mass is 16.6. The number of likely N-dealkylation sites (N-methyl/N-ethyl adjacent to an activating group) is 1. The smallest absolute Gasteiger partial charge is 0.257 e. The standard InChI is InChI=1S/C25H33N3O8/c1-3-10-33-12-14-35-16-17-36-15-13-34-11-9-26-20-6-4-5-19(18-29)23(20)25(32)28(2)21-7-8-22(30)27-24(21)31/h1,4-6,18,21,26H,7-17H2,2H3,(H,27,30,31). The zero-order valence-electron chi connectivity index (χ0n) is 20.5. The first kappa shape index (κ1) is 28.9. The number of amides is 3. The first-order valence-electron chi connectivity index (χ1n) is 11.7. The summed E-state index contributed by atoms with van der Waals surface area (Å²) in [4.78, 5) is 49.7. The molecule has 0 spiro atoms. The van der Waals surface area contributed by atoms with E-state index in [0.29, 0.717) is 64.8 Å². The first-order valence-corrected chi connectivity index (χ1v) is 11.7. The predicted octanol–water partition coefficient (Wildman–Crippen LogP) is 0.488. The van der Waals surface area contributed by atoms with E-state index in [4.69, 9.17) is 25.4 Å². The number of hydrogen-bond acceptors (Lipinski definition) is 9. The number of benzene rings is 1. The van der Waals surface area contributed by atoms with Gasteiger partial charge in [0.15, 0.2) is 6.29 Å². The van der Waals surface area contributed by atoms with Crippen LogP contribution in [0.25, 0.3) is 0 Å². The Bertz CT molecular complexity index is 930. The third-order valence-electron chi connectivity index (χ3n) is 5.30. The number of ether oxygens (including phenoxy) is 4. The molecule has 3 amide bonds. The lowest BCUT2D eigenvalue weighted by Crippen LogP contribution is -2.53. The summed E-state index contributed by atoms with van der Waals surface area (Å²) < 4.78 is 21.4. The van der Waals surface area contributed by atoms with E-state index >= 15 is 0 Å². The van der Waals surface area contributed by atoms with Gasteiger partial charge in [0.25, 0.3) is 5.91 Å². The van der Waals surface area contributed by atoms with Gasteiger partial charge < -0.3 is 29.2 Å². The Balaban J connectivity index is 1.74. The number of nitrogens with zero attached hydrogens (tertiary/aromatic N) is 1. The summed E-state index contributed by atoms with van der Waals surface area (Å²) in [6, 6.07) is 4.08. The molecular weight excluding hydrogens is 470 g/mol. The largest absolute Gasteiger partial charge is 0.382 e. The van der Waals surface area contributed by atoms with Gasteiger partial charge in [-0.15, -0.1) is 6.42 Å². The monoisotopic (exact) mass is 503 g/mol. The lowest BCUT2D eigenvalue weighted by molar-refractivity contribution is -0.136. The van der Waals surface area contributed by atoms with Crippen LogP contribution in [-0.2, 0) is 28.5 Å². The van der Waals surface area contributed by atoms with Gasteiger partial charge in [0.2, 0.25) is 11.8 Å². The van der Waals surface area contributed by atoms with Crippen LogP contribution in [0, 0.1) is 12.3 Å². The lowest BCUT2D eigenvalue weighted by atomic mass is 10.0. The quantitative estimate of drug-likeness (QED) is 0.135. The second kappa shape index (κ2) is 16.4. The van der Waals surface area contributed by atoms with E-state index in [-0.39, 0.29) is 36.5 Å². The molecule has 1 saturated heterocycles. The fourth-order valence-corrected chi connectivity index (χ4v) is 3.47. The average Bonchev–Trinajstić information content (AvgIpc) is 2.87. The number of anilines is 1. The summed E-state index contributed by atoms with van der Waals surface area (Å²) >= 11 is 0. The molecule has 36 heavy (non-hydrogen) atoms. The Morgan fingerprint density at radius 1 is 1.11 bits per heavy atom. The number of aldehydes is 1. The van der Waals surface area contributed by atoms with Crippen molar-refractivity contribution in [2.45, 2.75) is 18.9 Å². The molecular formula is C25H33N3O8. The van der Waals surface area contributed by atoms with Crippen molar-refractivity contribution < 1.29 is 38.1 Å². The maximum absolute atomic E-state index is 13.2. The number of hydrogen-bond donors (Lipinski definition) is 2. The number of imide groups is 1. The number of nitrogens with one attached hydrogen (secondary N) is 2. The van der Waals surface area contributed by atoms with Crippen molar-refractivity contribution in [2.75, 3.05) is 71.8 Å². The molecule has 0 aliphatic carbocycles. The molecule has 1 aliphatic heterocycles. The Morgan fingerprint density at radius 3 is 2.36 bits per heavy atom. The zero-order chi connectivity index (χ0) is 26.2. The Labute approximate surface area is 210 Å². The highest BCUT2D eigenvalue weighted by Crippen LogP contribution is 2.23. The molecule has 0 aromatic heterocycles. The van der Waals surface area contributed by atoms with Crippen LogP contribution in [0.2, 0.25) is 0 Å². The number of terminal acetylenes is 1. The van der Waals surface area contributed by atoms with Crippen molar-refractivity contribution in [3.63, 3.8) is 0 Å². The molecule has 11 nitrogen and oxygen atoms in total. The van der Waals surface area contributed by atoms with Gasteiger partial charge in [0.05, 0.1) is 51.8 Å². The van der Waals surface area contributed by atoms with Crippen LogP contribution >= 0.6 is 0 Å². The normalized spacial score (nSPS) is 15.2. The SMILES string of the molecule is C#CCOCCOCCOCCOCCNc1cccc(C=O)c1C(=O)N(C)C1CCC(=O)NC1=O. The average molecular weight is 504 g/mol. The molecule has 1 aliphatic rings. The van der Waals surface area contributed by atoms with Gasteiger partial charge in [-0.2, -0.15) is 0 Å². The van der Waals surface area contributed by atoms with Crippen molar-refractivity contribution >= 4 is 29.7 Å². The van der Waals surface area contributed by atoms with E-state index in [2.05, 4.69) is 16.6 Å². The number of piperidine rings is 1. The fourth-order valence-electron chi connectivity index (χ4n) is 3.47. The van der Waals surface area contributed by atoms with Gasteiger partial charge in [0, 0.05) is 31.3 Å². The van der Waals surface area contributed by atoms with E-state index in [0.717, 1.165) is 0 Å². The summed E-state index contributed by atoms with van der Waals surface area (Å²) in [6.07, 6.45) is 6.04. The molecule has 0 bridgehead atoms. The molecule has 1 heterocycles. The maximum atomic E-state index is 13.2. The Hall–Kier alpha value is -3.30. The highest BCUT2D eigenvalue weighted by Gasteiger charge is 2.34. The predicted molar refractivity (Wildman–Crippen MR) is 131 cm³/mol. The van der Waals surface area contributed by atoms with Crippen LogP contribution in [-0.4, -0.2) is 101 Å². The van der Waals surface area contributed by atoms with Crippen LogP contribution < -0.4 is 10.6 Å². The third kappa shape index (κ3) is 9.39. The summed E-state index contributed by atoms with van der Waals surface area (Å²) in [5.41, 5.74) is 0.808. The maximum Gasteiger partial charge on any atom is 0.257 e. The minimum absolute atomic E-state index is 0.144. The number of carbonyl (C=O) groups excluding carboxylic acids is 4. The molecule has 1 fully saturated rings. The Kier molecular flexibility index (Phi) is 13.2. The van der Waals surface area contributed by atoms with Gasteiger partial charge >= 0.3 is 0 Å². The van der Waals surface area contributed by atoms with E-state index in [1.54, 1.807) is 12.1 Å². The van der Waals surface area contributed by atoms with Crippen LogP contribution in [0.5, 0.6) is 0 Å². The molecule has 196 valence electrons. The minimum Gasteiger partial charge on any atom is -0.382 e. The fraction of sp³-hybridized carbons (Fsp3) is 0.520. The molecule has 0 radical (unpaired) electrons. The van der Waals surface area contributed by atoms with Crippen molar-refractivity contribution in [3.8, 4) is 12.3 Å². The van der Waals surface area contributed by atoms with Crippen molar-refractivity contribution in [1.82, 2.24) is 10.2 Å². The zero-order valence-corrected chi connectivity index (χ0v) is 20.5. The molecule has 1 aromatic rings. The lowest BCUT2D eigenvalue weighted by Gasteiger charge is -2.30. The molecule has 2 N–H and O–H groups in total. The van der Waals surface area contributed by atoms with Gasteiger partial charge in [0.1, 0.15) is 12.6 Å². The summed E-state index contributed by atoms with van der Waals surface area (Å²) in [5, 5.41) is 5.35. The van der Waals surface area contributed by atoms with E-state index in [1.165, 1.54) is 18.0 Å².